The largest absolute Gasteiger partial charge is 0.393 e. The van der Waals surface area contributed by atoms with Crippen LogP contribution in [0.15, 0.2) is 47.6 Å². The van der Waals surface area contributed by atoms with Gasteiger partial charge < -0.3 is 20.4 Å². The van der Waals surface area contributed by atoms with Gasteiger partial charge in [0.15, 0.2) is 28.8 Å². The maximum Gasteiger partial charge on any atom is 0.178 e. The second kappa shape index (κ2) is 11.2. The summed E-state index contributed by atoms with van der Waals surface area (Å²) in [6.07, 6.45) is 10.5. The van der Waals surface area contributed by atoms with E-state index in [1.54, 1.807) is 39.0 Å². The Kier molecular flexibility index (Phi) is 7.86. The number of allylic oxidation sites excluding steroid dienone is 8. The molecular weight excluding hydrogens is 663 g/mol. The molecule has 8 aliphatic rings. The first kappa shape index (κ1) is 36.4. The van der Waals surface area contributed by atoms with Gasteiger partial charge in [0, 0.05) is 46.3 Å². The minimum absolute atomic E-state index is 0.0248. The Hall–Kier alpha value is -2.59. The van der Waals surface area contributed by atoms with E-state index in [2.05, 4.69) is 6.92 Å². The molecule has 9 heteroatoms. The van der Waals surface area contributed by atoms with E-state index >= 15 is 4.39 Å². The standard InChI is InChI=1S/C43H55FO8/c1-23-18-31-30-9-7-25-20-27(46)13-16-38(25,3)42(30,44)35(50)22-40(31,5)43(23,52)34(49)11-10-33(48)41(51)17-14-29-28-8-6-24-19-26(45)12-15-37(24,2)36(28)32(47)21-39(29,41)4/h12-13,15-16,19-20,23,28-32,35-36,47,50-52H,6-11,14,17-18,21-22H2,1-5H3/t23-,28?,29?,30?,31?,32+,35+,36?,37+,38+,39+,40+,41+,42+,43+/m1/s1. The number of carbonyl (C=O) groups is 4. The molecule has 0 radical (unpaired) electrons. The Bertz CT molecular complexity index is 1780. The summed E-state index contributed by atoms with van der Waals surface area (Å²) in [6.45, 7) is 9.31. The predicted molar refractivity (Wildman–Crippen MR) is 190 cm³/mol. The fourth-order valence-electron chi connectivity index (χ4n) is 14.6. The summed E-state index contributed by atoms with van der Waals surface area (Å²) in [7, 11) is 0. The van der Waals surface area contributed by atoms with Gasteiger partial charge in [-0.05, 0) is 113 Å². The quantitative estimate of drug-likeness (QED) is 0.301. The van der Waals surface area contributed by atoms with Crippen molar-refractivity contribution in [3.05, 3.63) is 47.6 Å². The second-order valence-corrected chi connectivity index (χ2v) is 19.1. The molecule has 0 aromatic carbocycles. The number of carbonyl (C=O) groups excluding carboxylic acids is 4. The van der Waals surface area contributed by atoms with Gasteiger partial charge in [0.1, 0.15) is 11.2 Å². The summed E-state index contributed by atoms with van der Waals surface area (Å²) in [5, 5.41) is 48.3. The third kappa shape index (κ3) is 4.23. The van der Waals surface area contributed by atoms with Gasteiger partial charge in [0.2, 0.25) is 0 Å². The van der Waals surface area contributed by atoms with Crippen LogP contribution in [0, 0.1) is 57.2 Å². The summed E-state index contributed by atoms with van der Waals surface area (Å²) in [5.74, 6) is -2.94. The zero-order valence-electron chi connectivity index (χ0n) is 31.2. The maximum atomic E-state index is 17.6. The number of hydrogen-bond acceptors (Lipinski definition) is 8. The molecular formula is C43H55FO8. The van der Waals surface area contributed by atoms with Crippen molar-refractivity contribution in [1.29, 1.82) is 0 Å². The lowest BCUT2D eigenvalue weighted by molar-refractivity contribution is -0.219. The lowest BCUT2D eigenvalue weighted by atomic mass is 9.44. The molecule has 0 heterocycles. The number of alkyl halides is 1. The average molecular weight is 719 g/mol. The van der Waals surface area contributed by atoms with Crippen molar-refractivity contribution in [2.75, 3.05) is 0 Å². The highest BCUT2D eigenvalue weighted by atomic mass is 19.1. The highest BCUT2D eigenvalue weighted by Gasteiger charge is 2.76. The average Bonchev–Trinajstić information content (AvgIpc) is 3.47. The summed E-state index contributed by atoms with van der Waals surface area (Å²) in [6, 6.07) is 0. The van der Waals surface area contributed by atoms with E-state index in [-0.39, 0.29) is 61.4 Å². The molecule has 0 aromatic heterocycles. The molecule has 0 bridgehead atoms. The molecule has 15 atom stereocenters. The SMILES string of the molecule is C[C@@H]1CC2C3CCC4=CC(=O)C=C[C@]4(C)[C@@]3(F)[C@@H](O)C[C@]2(C)[C@@]1(O)C(=O)CCC(=O)[C@@]1(O)CCC2C3CCC4=CC(=O)C=C[C@]4(C)C3[C@@H](O)C[C@@]21C. The zero-order chi connectivity index (χ0) is 37.6. The topological polar surface area (TPSA) is 149 Å². The fraction of sp³-hybridized carbons (Fsp3) is 0.721. The van der Waals surface area contributed by atoms with Crippen LogP contribution in [-0.2, 0) is 19.2 Å². The van der Waals surface area contributed by atoms with Gasteiger partial charge in [-0.2, -0.15) is 0 Å². The number of halogens is 1. The van der Waals surface area contributed by atoms with E-state index in [0.29, 0.717) is 31.3 Å². The van der Waals surface area contributed by atoms with Crippen LogP contribution in [0.3, 0.4) is 0 Å². The van der Waals surface area contributed by atoms with E-state index in [4.69, 9.17) is 0 Å². The van der Waals surface area contributed by atoms with Crippen molar-refractivity contribution in [2.24, 2.45) is 57.2 Å². The third-order valence-corrected chi connectivity index (χ3v) is 17.3. The Balaban J connectivity index is 1.01. The second-order valence-electron chi connectivity index (χ2n) is 19.1. The molecule has 0 amide bonds. The fourth-order valence-corrected chi connectivity index (χ4v) is 14.6. The molecule has 4 N–H and O–H groups in total. The van der Waals surface area contributed by atoms with Crippen molar-refractivity contribution in [3.8, 4) is 0 Å². The van der Waals surface area contributed by atoms with Crippen molar-refractivity contribution >= 4 is 23.1 Å². The van der Waals surface area contributed by atoms with Crippen LogP contribution in [0.5, 0.6) is 0 Å². The first-order valence-corrected chi connectivity index (χ1v) is 19.7. The molecule has 52 heavy (non-hydrogen) atoms. The van der Waals surface area contributed by atoms with Gasteiger partial charge in [0.25, 0.3) is 0 Å². The van der Waals surface area contributed by atoms with Crippen LogP contribution in [-0.4, -0.2) is 72.6 Å². The van der Waals surface area contributed by atoms with Crippen molar-refractivity contribution < 1.29 is 44.0 Å². The highest BCUT2D eigenvalue weighted by molar-refractivity contribution is 6.02. The van der Waals surface area contributed by atoms with Gasteiger partial charge in [-0.3, -0.25) is 19.2 Å². The third-order valence-electron chi connectivity index (χ3n) is 17.3. The van der Waals surface area contributed by atoms with E-state index in [1.807, 2.05) is 13.0 Å². The number of ketones is 4. The van der Waals surface area contributed by atoms with Gasteiger partial charge in [-0.15, -0.1) is 0 Å². The van der Waals surface area contributed by atoms with E-state index in [1.165, 1.54) is 12.2 Å². The van der Waals surface area contributed by atoms with Crippen LogP contribution in [0.1, 0.15) is 105 Å². The monoisotopic (exact) mass is 718 g/mol. The highest BCUT2D eigenvalue weighted by Crippen LogP contribution is 2.71. The molecule has 6 saturated carbocycles. The van der Waals surface area contributed by atoms with E-state index in [9.17, 15) is 39.6 Å². The minimum Gasteiger partial charge on any atom is -0.393 e. The van der Waals surface area contributed by atoms with Gasteiger partial charge in [-0.1, -0.05) is 51.0 Å². The van der Waals surface area contributed by atoms with Crippen LogP contribution >= 0.6 is 0 Å². The number of Topliss-reactive ketones (excluding diaryl/α,β-unsaturated/α-hetero) is 2. The molecule has 6 fully saturated rings. The minimum atomic E-state index is -2.08. The number of aliphatic hydroxyl groups is 4. The molecule has 0 aromatic rings. The van der Waals surface area contributed by atoms with Crippen LogP contribution < -0.4 is 0 Å². The molecule has 0 aliphatic heterocycles. The predicted octanol–water partition coefficient (Wildman–Crippen LogP) is 5.26. The van der Waals surface area contributed by atoms with Crippen molar-refractivity contribution in [2.45, 2.75) is 134 Å². The smallest absolute Gasteiger partial charge is 0.178 e. The van der Waals surface area contributed by atoms with Crippen LogP contribution in [0.25, 0.3) is 0 Å². The molecule has 8 rings (SSSR count). The van der Waals surface area contributed by atoms with Crippen molar-refractivity contribution in [3.63, 3.8) is 0 Å². The Morgan fingerprint density at radius 3 is 2.15 bits per heavy atom. The van der Waals surface area contributed by atoms with Gasteiger partial charge in [0.05, 0.1) is 12.2 Å². The first-order chi connectivity index (χ1) is 24.2. The Morgan fingerprint density at radius 2 is 1.44 bits per heavy atom. The van der Waals surface area contributed by atoms with E-state index < -0.39 is 80.1 Å². The first-order valence-electron chi connectivity index (χ1n) is 19.7. The van der Waals surface area contributed by atoms with E-state index in [0.717, 1.165) is 18.4 Å². The molecule has 0 spiro atoms. The van der Waals surface area contributed by atoms with Crippen molar-refractivity contribution in [1.82, 2.24) is 0 Å². The number of fused-ring (bicyclic) bond motifs is 10. The summed E-state index contributed by atoms with van der Waals surface area (Å²) < 4.78 is 17.6. The number of aliphatic hydroxyl groups excluding tert-OH is 2. The van der Waals surface area contributed by atoms with Gasteiger partial charge >= 0.3 is 0 Å². The molecule has 8 nitrogen and oxygen atoms in total. The van der Waals surface area contributed by atoms with Crippen LogP contribution in [0.2, 0.25) is 0 Å². The number of hydrogen-bond donors (Lipinski definition) is 4. The lowest BCUT2D eigenvalue weighted by Gasteiger charge is -2.62. The molecule has 0 saturated heterocycles. The lowest BCUT2D eigenvalue weighted by Crippen LogP contribution is -2.69. The summed E-state index contributed by atoms with van der Waals surface area (Å²) >= 11 is 0. The van der Waals surface area contributed by atoms with Crippen LogP contribution in [0.4, 0.5) is 4.39 Å². The Morgan fingerprint density at radius 1 is 0.808 bits per heavy atom. The molecule has 282 valence electrons. The molecule has 5 unspecified atom stereocenters. The number of rotatable bonds is 5. The van der Waals surface area contributed by atoms with Gasteiger partial charge in [-0.25, -0.2) is 4.39 Å². The zero-order valence-corrected chi connectivity index (χ0v) is 31.2. The summed E-state index contributed by atoms with van der Waals surface area (Å²) in [4.78, 5) is 52.9. The maximum absolute atomic E-state index is 17.6. The Labute approximate surface area is 305 Å². The normalized spacial score (nSPS) is 53.1. The summed E-state index contributed by atoms with van der Waals surface area (Å²) in [5.41, 5.74) is -7.74. The molecule has 8 aliphatic carbocycles.